The summed E-state index contributed by atoms with van der Waals surface area (Å²) in [6.07, 6.45) is 1.66. The van der Waals surface area contributed by atoms with Gasteiger partial charge in [0.25, 0.3) is 0 Å². The molecule has 1 spiro atoms. The third-order valence-corrected chi connectivity index (χ3v) is 17.1. The molecule has 13 nitrogen and oxygen atoms in total. The minimum absolute atomic E-state index is 0.0453. The molecule has 3 saturated carbocycles. The summed E-state index contributed by atoms with van der Waals surface area (Å²) in [6, 6.07) is -0.908. The molecule has 55 heavy (non-hydrogen) atoms. The highest BCUT2D eigenvalue weighted by molar-refractivity contribution is 6.01. The second-order valence-electron chi connectivity index (χ2n) is 19.4. The molecule has 7 N–H and O–H groups in total. The zero-order valence-corrected chi connectivity index (χ0v) is 32.6. The lowest BCUT2D eigenvalue weighted by atomic mass is 9.37. The molecule has 13 heteroatoms. The topological polar surface area (TPSA) is 198 Å². The average molecular weight is 769 g/mol. The number of nitrogens with one attached hydrogen (secondary N) is 1. The molecular weight excluding hydrogens is 708 g/mol. The van der Waals surface area contributed by atoms with Gasteiger partial charge in [0, 0.05) is 63.1 Å². The number of allylic oxidation sites excluding steroid dienone is 1. The van der Waals surface area contributed by atoms with Crippen molar-refractivity contribution in [1.82, 2.24) is 10.2 Å². The van der Waals surface area contributed by atoms with Crippen LogP contribution >= 0.6 is 0 Å². The molecular formula is C42H60N2O11. The van der Waals surface area contributed by atoms with Crippen LogP contribution in [-0.2, 0) is 23.8 Å². The molecule has 6 fully saturated rings. The summed E-state index contributed by atoms with van der Waals surface area (Å²) in [5.74, 6) is 1.10. The van der Waals surface area contributed by atoms with E-state index in [1.165, 1.54) is 6.92 Å². The summed E-state index contributed by atoms with van der Waals surface area (Å²) >= 11 is 0. The fourth-order valence-corrected chi connectivity index (χ4v) is 14.0. The van der Waals surface area contributed by atoms with Crippen LogP contribution < -0.4 is 5.32 Å². The Balaban J connectivity index is 1.18. The van der Waals surface area contributed by atoms with Crippen LogP contribution in [0, 0.1) is 57.7 Å². The lowest BCUT2D eigenvalue weighted by Crippen LogP contribution is -2.71. The van der Waals surface area contributed by atoms with Crippen molar-refractivity contribution in [3.8, 4) is 11.8 Å². The van der Waals surface area contributed by atoms with E-state index in [0.717, 1.165) is 12.8 Å². The quantitative estimate of drug-likeness (QED) is 0.0869. The van der Waals surface area contributed by atoms with Crippen LogP contribution in [0.2, 0.25) is 0 Å². The Morgan fingerprint density at radius 2 is 1.78 bits per heavy atom. The highest BCUT2D eigenvalue weighted by Crippen LogP contribution is 2.77. The third-order valence-electron chi connectivity index (χ3n) is 17.1. The van der Waals surface area contributed by atoms with E-state index in [-0.39, 0.29) is 48.5 Å². The lowest BCUT2D eigenvalue weighted by Gasteiger charge is -2.67. The maximum Gasteiger partial charge on any atom is 0.240 e. The number of aliphatic hydroxyl groups excluding tert-OH is 2. The number of ether oxygens (including phenoxy) is 3. The van der Waals surface area contributed by atoms with Gasteiger partial charge in [-0.25, -0.2) is 0 Å². The fourth-order valence-electron chi connectivity index (χ4n) is 14.0. The SMILES string of the molecule is COCCCOC1CCC2(C)C(C1)C(=O)C1=C3C24C#CCC2CN2C(=O)C2CC5C(CO)C(OC5C(O)N2)C(O)(O)C(C)(O)C2CC(CC1)C3(O)C2(C)CC4. The number of carbonyl (C=O) groups is 2. The number of ketones is 1. The van der Waals surface area contributed by atoms with Crippen LogP contribution in [0.5, 0.6) is 0 Å². The van der Waals surface area contributed by atoms with Gasteiger partial charge in [0.1, 0.15) is 24.0 Å². The summed E-state index contributed by atoms with van der Waals surface area (Å²) < 4.78 is 17.8. The molecule has 3 saturated heterocycles. The number of rotatable bonds is 6. The summed E-state index contributed by atoms with van der Waals surface area (Å²) in [5, 5.41) is 75.9. The second kappa shape index (κ2) is 12.8. The largest absolute Gasteiger partial charge is 0.396 e. The average Bonchev–Trinajstić information content (AvgIpc) is 3.74. The Labute approximate surface area is 323 Å². The maximum atomic E-state index is 15.0. The molecule has 10 aliphatic rings. The van der Waals surface area contributed by atoms with Gasteiger partial charge in [0.2, 0.25) is 11.7 Å². The minimum Gasteiger partial charge on any atom is -0.396 e. The summed E-state index contributed by atoms with van der Waals surface area (Å²) in [7, 11) is 1.67. The number of Topliss-reactive ketones (excluding diaryl/α,β-unsaturated/α-hetero) is 1. The predicted octanol–water partition coefficient (Wildman–Crippen LogP) is 0.764. The van der Waals surface area contributed by atoms with Crippen molar-refractivity contribution in [2.75, 3.05) is 33.5 Å². The number of carbonyl (C=O) groups excluding carboxylic acids is 2. The lowest BCUT2D eigenvalue weighted by molar-refractivity contribution is -0.345. The van der Waals surface area contributed by atoms with E-state index in [1.807, 2.05) is 6.92 Å². The molecule has 304 valence electrons. The maximum absolute atomic E-state index is 15.0. The van der Waals surface area contributed by atoms with E-state index in [0.29, 0.717) is 75.9 Å². The Kier molecular flexibility index (Phi) is 8.95. The van der Waals surface area contributed by atoms with Gasteiger partial charge in [0.15, 0.2) is 5.78 Å². The summed E-state index contributed by atoms with van der Waals surface area (Å²) in [5.41, 5.74) is -5.11. The van der Waals surface area contributed by atoms with Gasteiger partial charge >= 0.3 is 0 Å². The number of piperidine rings is 1. The van der Waals surface area contributed by atoms with Gasteiger partial charge in [-0.2, -0.15) is 0 Å². The van der Waals surface area contributed by atoms with Crippen molar-refractivity contribution >= 4 is 11.7 Å². The van der Waals surface area contributed by atoms with Crippen LogP contribution in [0.3, 0.4) is 0 Å². The molecule has 10 rings (SSSR count). The van der Waals surface area contributed by atoms with Gasteiger partial charge in [-0.15, -0.1) is 5.92 Å². The smallest absolute Gasteiger partial charge is 0.240 e. The Hall–Kier alpha value is -1.96. The molecule has 7 bridgehead atoms. The van der Waals surface area contributed by atoms with E-state index in [4.69, 9.17) is 14.2 Å². The van der Waals surface area contributed by atoms with Crippen molar-refractivity contribution < 1.29 is 54.4 Å². The molecule has 0 aromatic rings. The third kappa shape index (κ3) is 4.96. The number of methoxy groups -OCH3 is 1. The van der Waals surface area contributed by atoms with E-state index >= 15 is 0 Å². The van der Waals surface area contributed by atoms with Gasteiger partial charge < -0.3 is 49.7 Å². The molecule has 5 aliphatic heterocycles. The van der Waals surface area contributed by atoms with Crippen molar-refractivity contribution in [2.45, 2.75) is 145 Å². The van der Waals surface area contributed by atoms with E-state index in [1.54, 1.807) is 12.0 Å². The van der Waals surface area contributed by atoms with Crippen LogP contribution in [0.25, 0.3) is 0 Å². The van der Waals surface area contributed by atoms with Gasteiger partial charge in [-0.3, -0.25) is 14.9 Å². The molecule has 16 atom stereocenters. The molecule has 5 heterocycles. The Bertz CT molecular complexity index is 1720. The van der Waals surface area contributed by atoms with Gasteiger partial charge in [0.05, 0.1) is 29.2 Å². The number of hydrogen-bond acceptors (Lipinski definition) is 12. The highest BCUT2D eigenvalue weighted by Gasteiger charge is 2.79. The van der Waals surface area contributed by atoms with E-state index < -0.39 is 82.1 Å². The molecule has 16 unspecified atom stereocenters. The fraction of sp³-hybridized carbons (Fsp3) is 0.857. The molecule has 5 aliphatic carbocycles. The predicted molar refractivity (Wildman–Crippen MR) is 195 cm³/mol. The molecule has 1 amide bonds. The Morgan fingerprint density at radius 3 is 2.53 bits per heavy atom. The number of aliphatic hydroxyl groups is 6. The zero-order chi connectivity index (χ0) is 39.1. The van der Waals surface area contributed by atoms with Crippen LogP contribution in [0.15, 0.2) is 11.1 Å². The number of nitrogens with zero attached hydrogens (tertiary/aromatic N) is 1. The first kappa shape index (κ1) is 38.6. The van der Waals surface area contributed by atoms with Crippen LogP contribution in [-0.4, -0.2) is 134 Å². The highest BCUT2D eigenvalue weighted by atomic mass is 16.6. The minimum atomic E-state index is -2.93. The van der Waals surface area contributed by atoms with E-state index in [2.05, 4.69) is 24.1 Å². The Morgan fingerprint density at radius 1 is 1.00 bits per heavy atom. The standard InChI is InChI=1S/C42H60N2O11/c1-37-12-10-24(54-16-6-15-53-4)18-28(37)31(46)25-9-8-22-17-30-38(2)13-14-40(37,33(25)41(22,38)50)11-5-7-23-20-44(23)36(48)29-19-26-27(21-45)34(42(51,52)39(30,3)49)55-32(26)35(47)43-29/h22-24,26-30,32,34-35,43,45,47,49-52H,6-10,12-21H2,1-4H3. The first-order chi connectivity index (χ1) is 26.0. The summed E-state index contributed by atoms with van der Waals surface area (Å²) in [4.78, 5) is 30.6. The molecule has 0 aromatic carbocycles. The zero-order valence-electron chi connectivity index (χ0n) is 32.6. The molecule has 0 aromatic heterocycles. The number of hydrogen-bond donors (Lipinski definition) is 7. The van der Waals surface area contributed by atoms with Gasteiger partial charge in [-0.1, -0.05) is 19.8 Å². The second-order valence-corrected chi connectivity index (χ2v) is 19.4. The molecule has 0 radical (unpaired) electrons. The van der Waals surface area contributed by atoms with Crippen molar-refractivity contribution in [2.24, 2.45) is 45.8 Å². The van der Waals surface area contributed by atoms with Crippen LogP contribution in [0.4, 0.5) is 0 Å². The first-order valence-electron chi connectivity index (χ1n) is 20.8. The normalized spacial score (nSPS) is 52.0. The van der Waals surface area contributed by atoms with Crippen molar-refractivity contribution in [1.29, 1.82) is 0 Å². The monoisotopic (exact) mass is 768 g/mol. The number of fused-ring (bicyclic) bond motifs is 4. The summed E-state index contributed by atoms with van der Waals surface area (Å²) in [6.45, 7) is 6.63. The van der Waals surface area contributed by atoms with Crippen molar-refractivity contribution in [3.05, 3.63) is 11.1 Å². The van der Waals surface area contributed by atoms with E-state index in [9.17, 15) is 40.2 Å². The first-order valence-corrected chi connectivity index (χ1v) is 20.8. The van der Waals surface area contributed by atoms with Crippen molar-refractivity contribution in [3.63, 3.8) is 0 Å². The number of amides is 1. The van der Waals surface area contributed by atoms with Gasteiger partial charge in [-0.05, 0) is 99.5 Å². The van der Waals surface area contributed by atoms with Crippen LogP contribution in [0.1, 0.15) is 91.4 Å².